The van der Waals surface area contributed by atoms with Crippen molar-refractivity contribution in [2.24, 2.45) is 0 Å². The Kier molecular flexibility index (Phi) is 3.86. The molecular formula is C17H18N2O2. The fourth-order valence-electron chi connectivity index (χ4n) is 2.70. The first kappa shape index (κ1) is 13.6. The number of carbonyl (C=O) groups excluding carboxylic acids is 1. The van der Waals surface area contributed by atoms with Crippen LogP contribution in [0.3, 0.4) is 0 Å². The van der Waals surface area contributed by atoms with Gasteiger partial charge >= 0.3 is 0 Å². The number of aryl methyl sites for hydroxylation is 2. The van der Waals surface area contributed by atoms with Crippen molar-refractivity contribution in [2.45, 2.75) is 25.7 Å². The number of ether oxygens (including phenoxy) is 1. The minimum atomic E-state index is -0.0279. The number of hydrogen-bond donors (Lipinski definition) is 1. The van der Waals surface area contributed by atoms with E-state index in [0.29, 0.717) is 18.0 Å². The minimum absolute atomic E-state index is 0.0279. The molecule has 0 bridgehead atoms. The lowest BCUT2D eigenvalue weighted by Crippen LogP contribution is -2.14. The molecule has 1 heterocycles. The third-order valence-electron chi connectivity index (χ3n) is 3.76. The van der Waals surface area contributed by atoms with E-state index in [0.717, 1.165) is 12.0 Å². The van der Waals surface area contributed by atoms with Crippen LogP contribution in [0, 0.1) is 0 Å². The first-order chi connectivity index (χ1) is 10.2. The molecule has 0 unspecified atom stereocenters. The van der Waals surface area contributed by atoms with Crippen LogP contribution in [0.1, 0.15) is 23.1 Å². The van der Waals surface area contributed by atoms with Gasteiger partial charge in [0.25, 0.3) is 0 Å². The Morgan fingerprint density at radius 2 is 2.10 bits per heavy atom. The van der Waals surface area contributed by atoms with Crippen molar-refractivity contribution in [1.29, 1.82) is 0 Å². The summed E-state index contributed by atoms with van der Waals surface area (Å²) in [5.74, 6) is 0.506. The molecule has 0 radical (unpaired) electrons. The minimum Gasteiger partial charge on any atom is -0.481 e. The summed E-state index contributed by atoms with van der Waals surface area (Å²) in [6.07, 6.45) is 5.51. The molecule has 1 aromatic heterocycles. The number of nitrogens with zero attached hydrogens (tertiary/aromatic N) is 1. The van der Waals surface area contributed by atoms with E-state index in [1.807, 2.05) is 0 Å². The lowest BCUT2D eigenvalue weighted by Gasteiger charge is -2.07. The summed E-state index contributed by atoms with van der Waals surface area (Å²) in [5.41, 5.74) is 4.57. The fourth-order valence-corrected chi connectivity index (χ4v) is 2.70. The Morgan fingerprint density at radius 1 is 1.24 bits per heavy atom. The Hall–Kier alpha value is -2.36. The number of carbonyl (C=O) groups is 1. The molecule has 1 N–H and O–H groups in total. The van der Waals surface area contributed by atoms with Crippen molar-refractivity contribution in [3.8, 4) is 5.88 Å². The lowest BCUT2D eigenvalue weighted by molar-refractivity contribution is -0.115. The van der Waals surface area contributed by atoms with Crippen LogP contribution in [0.4, 0.5) is 5.69 Å². The van der Waals surface area contributed by atoms with Gasteiger partial charge in [0.15, 0.2) is 0 Å². The normalized spacial score (nSPS) is 12.8. The van der Waals surface area contributed by atoms with Gasteiger partial charge in [-0.3, -0.25) is 4.79 Å². The van der Waals surface area contributed by atoms with Crippen molar-refractivity contribution < 1.29 is 9.53 Å². The number of methoxy groups -OCH3 is 1. The maximum atomic E-state index is 12.1. The fraction of sp³-hybridized carbons (Fsp3) is 0.294. The Balaban J connectivity index is 1.63. The summed E-state index contributed by atoms with van der Waals surface area (Å²) in [6.45, 7) is 0. The smallest absolute Gasteiger partial charge is 0.228 e. The second-order valence-corrected chi connectivity index (χ2v) is 5.27. The Bertz CT molecular complexity index is 650. The SMILES string of the molecule is COc1ccc(NC(=O)Cc2ccc3c(c2)CCC3)cn1. The maximum Gasteiger partial charge on any atom is 0.228 e. The van der Waals surface area contributed by atoms with Crippen LogP contribution in [0.25, 0.3) is 0 Å². The number of rotatable bonds is 4. The largest absolute Gasteiger partial charge is 0.481 e. The number of fused-ring (bicyclic) bond motifs is 1. The predicted molar refractivity (Wildman–Crippen MR) is 81.6 cm³/mol. The summed E-state index contributed by atoms with van der Waals surface area (Å²) in [6, 6.07) is 9.88. The van der Waals surface area contributed by atoms with Gasteiger partial charge in [0, 0.05) is 6.07 Å². The second-order valence-electron chi connectivity index (χ2n) is 5.27. The zero-order valence-corrected chi connectivity index (χ0v) is 12.1. The van der Waals surface area contributed by atoms with Gasteiger partial charge in [0.05, 0.1) is 25.4 Å². The average molecular weight is 282 g/mol. The topological polar surface area (TPSA) is 51.2 Å². The number of anilines is 1. The molecule has 1 aliphatic carbocycles. The maximum absolute atomic E-state index is 12.1. The molecule has 4 nitrogen and oxygen atoms in total. The second kappa shape index (κ2) is 5.95. The molecule has 21 heavy (non-hydrogen) atoms. The Labute approximate surface area is 124 Å². The highest BCUT2D eigenvalue weighted by atomic mass is 16.5. The highest BCUT2D eigenvalue weighted by Crippen LogP contribution is 2.23. The molecule has 0 spiro atoms. The summed E-state index contributed by atoms with van der Waals surface area (Å²) in [4.78, 5) is 16.1. The summed E-state index contributed by atoms with van der Waals surface area (Å²) in [5, 5.41) is 2.85. The van der Waals surface area contributed by atoms with Crippen molar-refractivity contribution in [1.82, 2.24) is 4.98 Å². The molecule has 0 saturated carbocycles. The number of pyridine rings is 1. The van der Waals surface area contributed by atoms with E-state index in [-0.39, 0.29) is 5.91 Å². The van der Waals surface area contributed by atoms with Crippen molar-refractivity contribution in [2.75, 3.05) is 12.4 Å². The zero-order chi connectivity index (χ0) is 14.7. The van der Waals surface area contributed by atoms with E-state index >= 15 is 0 Å². The monoisotopic (exact) mass is 282 g/mol. The van der Waals surface area contributed by atoms with Crippen molar-refractivity contribution >= 4 is 11.6 Å². The van der Waals surface area contributed by atoms with Gasteiger partial charge < -0.3 is 10.1 Å². The molecular weight excluding hydrogens is 264 g/mol. The van der Waals surface area contributed by atoms with E-state index in [1.54, 1.807) is 25.4 Å². The van der Waals surface area contributed by atoms with E-state index in [9.17, 15) is 4.79 Å². The van der Waals surface area contributed by atoms with E-state index < -0.39 is 0 Å². The number of hydrogen-bond acceptors (Lipinski definition) is 3. The number of nitrogens with one attached hydrogen (secondary N) is 1. The van der Waals surface area contributed by atoms with Gasteiger partial charge in [0.2, 0.25) is 11.8 Å². The molecule has 2 aromatic rings. The first-order valence-electron chi connectivity index (χ1n) is 7.15. The molecule has 0 aliphatic heterocycles. The van der Waals surface area contributed by atoms with Gasteiger partial charge in [-0.05, 0) is 42.0 Å². The standard InChI is InChI=1S/C17H18N2O2/c1-21-17-8-7-15(11-18-17)19-16(20)10-12-5-6-13-3-2-4-14(13)9-12/h5-9,11H,2-4,10H2,1H3,(H,19,20). The number of amides is 1. The van der Waals surface area contributed by atoms with Crippen LogP contribution >= 0.6 is 0 Å². The lowest BCUT2D eigenvalue weighted by atomic mass is 10.0. The van der Waals surface area contributed by atoms with Gasteiger partial charge in [-0.25, -0.2) is 4.98 Å². The molecule has 0 saturated heterocycles. The number of benzene rings is 1. The van der Waals surface area contributed by atoms with Crippen LogP contribution < -0.4 is 10.1 Å². The molecule has 3 rings (SSSR count). The van der Waals surface area contributed by atoms with Gasteiger partial charge in [-0.1, -0.05) is 18.2 Å². The first-order valence-corrected chi connectivity index (χ1v) is 7.15. The number of aromatic nitrogens is 1. The quantitative estimate of drug-likeness (QED) is 0.938. The van der Waals surface area contributed by atoms with Crippen LogP contribution in [0.2, 0.25) is 0 Å². The molecule has 0 atom stereocenters. The molecule has 1 aromatic carbocycles. The van der Waals surface area contributed by atoms with Crippen LogP contribution in [0.5, 0.6) is 5.88 Å². The van der Waals surface area contributed by atoms with Crippen molar-refractivity contribution in [3.63, 3.8) is 0 Å². The van der Waals surface area contributed by atoms with E-state index in [4.69, 9.17) is 4.74 Å². The zero-order valence-electron chi connectivity index (χ0n) is 12.1. The molecule has 1 amide bonds. The van der Waals surface area contributed by atoms with Gasteiger partial charge in [-0.2, -0.15) is 0 Å². The summed E-state index contributed by atoms with van der Waals surface area (Å²) in [7, 11) is 1.56. The summed E-state index contributed by atoms with van der Waals surface area (Å²) >= 11 is 0. The van der Waals surface area contributed by atoms with Crippen LogP contribution in [-0.4, -0.2) is 18.0 Å². The molecule has 1 aliphatic rings. The average Bonchev–Trinajstić information content (AvgIpc) is 2.95. The molecule has 108 valence electrons. The van der Waals surface area contributed by atoms with E-state index in [2.05, 4.69) is 28.5 Å². The molecule has 4 heteroatoms. The van der Waals surface area contributed by atoms with Gasteiger partial charge in [-0.15, -0.1) is 0 Å². The highest BCUT2D eigenvalue weighted by molar-refractivity contribution is 5.92. The third-order valence-corrected chi connectivity index (χ3v) is 3.76. The predicted octanol–water partition coefficient (Wildman–Crippen LogP) is 2.76. The Morgan fingerprint density at radius 3 is 2.86 bits per heavy atom. The third kappa shape index (κ3) is 3.21. The van der Waals surface area contributed by atoms with Crippen LogP contribution in [-0.2, 0) is 24.1 Å². The highest BCUT2D eigenvalue weighted by Gasteiger charge is 2.12. The van der Waals surface area contributed by atoms with Crippen LogP contribution in [0.15, 0.2) is 36.5 Å². The van der Waals surface area contributed by atoms with E-state index in [1.165, 1.54) is 24.0 Å². The summed E-state index contributed by atoms with van der Waals surface area (Å²) < 4.78 is 4.99. The molecule has 0 fully saturated rings. The van der Waals surface area contributed by atoms with Crippen molar-refractivity contribution in [3.05, 3.63) is 53.2 Å². The van der Waals surface area contributed by atoms with Gasteiger partial charge in [0.1, 0.15) is 0 Å².